The van der Waals surface area contributed by atoms with Crippen molar-refractivity contribution in [3.8, 4) is 0 Å². The molecule has 1 aliphatic heterocycles. The summed E-state index contributed by atoms with van der Waals surface area (Å²) in [5.41, 5.74) is 6.88. The lowest BCUT2D eigenvalue weighted by Gasteiger charge is -2.39. The minimum Gasteiger partial charge on any atom is -0.379 e. The molecule has 0 radical (unpaired) electrons. The SMILES string of the molecule is C=C(CCN)C1(C)COC1. The molecular weight excluding hydrogens is 126 g/mol. The molecule has 0 bridgehead atoms. The highest BCUT2D eigenvalue weighted by molar-refractivity contribution is 5.12. The van der Waals surface area contributed by atoms with E-state index in [9.17, 15) is 0 Å². The van der Waals surface area contributed by atoms with Gasteiger partial charge in [0.15, 0.2) is 0 Å². The van der Waals surface area contributed by atoms with Gasteiger partial charge in [0.25, 0.3) is 0 Å². The molecule has 0 aromatic carbocycles. The molecule has 2 N–H and O–H groups in total. The summed E-state index contributed by atoms with van der Waals surface area (Å²) in [4.78, 5) is 0. The van der Waals surface area contributed by atoms with Gasteiger partial charge in [-0.1, -0.05) is 19.1 Å². The largest absolute Gasteiger partial charge is 0.379 e. The molecule has 58 valence electrons. The Hall–Kier alpha value is -0.340. The molecule has 0 unspecified atom stereocenters. The second-order valence-electron chi connectivity index (χ2n) is 3.20. The van der Waals surface area contributed by atoms with Crippen LogP contribution in [0.3, 0.4) is 0 Å². The first-order valence-corrected chi connectivity index (χ1v) is 3.65. The highest BCUT2D eigenvalue weighted by Gasteiger charge is 2.35. The van der Waals surface area contributed by atoms with Crippen LogP contribution in [0.2, 0.25) is 0 Å². The first kappa shape index (κ1) is 7.76. The van der Waals surface area contributed by atoms with E-state index in [1.54, 1.807) is 0 Å². The molecule has 2 nitrogen and oxygen atoms in total. The minimum atomic E-state index is 0.235. The maximum atomic E-state index is 5.40. The topological polar surface area (TPSA) is 35.2 Å². The summed E-state index contributed by atoms with van der Waals surface area (Å²) in [7, 11) is 0. The van der Waals surface area contributed by atoms with Gasteiger partial charge in [-0.15, -0.1) is 0 Å². The van der Waals surface area contributed by atoms with Crippen molar-refractivity contribution in [2.75, 3.05) is 19.8 Å². The van der Waals surface area contributed by atoms with Gasteiger partial charge in [0.2, 0.25) is 0 Å². The lowest BCUT2D eigenvalue weighted by Crippen LogP contribution is -2.41. The molecule has 1 heterocycles. The Balaban J connectivity index is 2.39. The van der Waals surface area contributed by atoms with E-state index in [2.05, 4.69) is 13.5 Å². The summed E-state index contributed by atoms with van der Waals surface area (Å²) in [6.45, 7) is 8.51. The zero-order valence-electron chi connectivity index (χ0n) is 6.52. The van der Waals surface area contributed by atoms with Gasteiger partial charge >= 0.3 is 0 Å². The molecular formula is C8H15NO. The van der Waals surface area contributed by atoms with E-state index >= 15 is 0 Å². The number of ether oxygens (including phenoxy) is 1. The van der Waals surface area contributed by atoms with Gasteiger partial charge in [0, 0.05) is 5.41 Å². The molecule has 0 atom stereocenters. The highest BCUT2D eigenvalue weighted by Crippen LogP contribution is 2.35. The van der Waals surface area contributed by atoms with Crippen LogP contribution in [0.4, 0.5) is 0 Å². The summed E-state index contributed by atoms with van der Waals surface area (Å²) in [6.07, 6.45) is 0.930. The molecule has 0 spiro atoms. The van der Waals surface area contributed by atoms with Gasteiger partial charge < -0.3 is 10.5 Å². The normalized spacial score (nSPS) is 21.8. The van der Waals surface area contributed by atoms with Gasteiger partial charge in [-0.25, -0.2) is 0 Å². The van der Waals surface area contributed by atoms with Gasteiger partial charge in [-0.2, -0.15) is 0 Å². The standard InChI is InChI=1S/C8H15NO/c1-7(3-4-9)8(2)5-10-6-8/h1,3-6,9H2,2H3. The van der Waals surface area contributed by atoms with E-state index in [-0.39, 0.29) is 5.41 Å². The Bertz CT molecular complexity index is 138. The third-order valence-corrected chi connectivity index (χ3v) is 2.14. The summed E-state index contributed by atoms with van der Waals surface area (Å²) < 4.78 is 5.10. The van der Waals surface area contributed by atoms with Crippen molar-refractivity contribution in [3.05, 3.63) is 12.2 Å². The van der Waals surface area contributed by atoms with E-state index in [1.165, 1.54) is 5.57 Å². The zero-order chi connectivity index (χ0) is 7.61. The lowest BCUT2D eigenvalue weighted by molar-refractivity contribution is -0.0790. The Morgan fingerprint density at radius 2 is 2.30 bits per heavy atom. The van der Waals surface area contributed by atoms with E-state index in [0.29, 0.717) is 6.54 Å². The van der Waals surface area contributed by atoms with E-state index in [4.69, 9.17) is 10.5 Å². The number of hydrogen-bond acceptors (Lipinski definition) is 2. The third kappa shape index (κ3) is 1.22. The maximum absolute atomic E-state index is 5.40. The molecule has 0 saturated carbocycles. The second-order valence-corrected chi connectivity index (χ2v) is 3.20. The lowest BCUT2D eigenvalue weighted by atomic mass is 9.80. The van der Waals surface area contributed by atoms with Crippen molar-refractivity contribution in [2.24, 2.45) is 11.1 Å². The fourth-order valence-electron chi connectivity index (χ4n) is 1.09. The average molecular weight is 141 g/mol. The zero-order valence-corrected chi connectivity index (χ0v) is 6.52. The van der Waals surface area contributed by atoms with Crippen molar-refractivity contribution < 1.29 is 4.74 Å². The van der Waals surface area contributed by atoms with Gasteiger partial charge in [0.05, 0.1) is 13.2 Å². The van der Waals surface area contributed by atoms with Crippen molar-refractivity contribution in [2.45, 2.75) is 13.3 Å². The predicted octanol–water partition coefficient (Wildman–Crippen LogP) is 0.928. The predicted molar refractivity (Wildman–Crippen MR) is 41.7 cm³/mol. The number of hydrogen-bond donors (Lipinski definition) is 1. The minimum absolute atomic E-state index is 0.235. The van der Waals surface area contributed by atoms with Crippen LogP contribution in [0.1, 0.15) is 13.3 Å². The van der Waals surface area contributed by atoms with E-state index in [0.717, 1.165) is 19.6 Å². The molecule has 1 saturated heterocycles. The first-order chi connectivity index (χ1) is 4.69. The van der Waals surface area contributed by atoms with Crippen LogP contribution in [-0.2, 0) is 4.74 Å². The Morgan fingerprint density at radius 3 is 2.60 bits per heavy atom. The molecule has 0 aromatic heterocycles. The second kappa shape index (κ2) is 2.72. The number of nitrogens with two attached hydrogens (primary N) is 1. The molecule has 10 heavy (non-hydrogen) atoms. The molecule has 0 aliphatic carbocycles. The van der Waals surface area contributed by atoms with Gasteiger partial charge in [0.1, 0.15) is 0 Å². The average Bonchev–Trinajstić information content (AvgIpc) is 1.83. The van der Waals surface area contributed by atoms with Gasteiger partial charge in [-0.05, 0) is 13.0 Å². The fourth-order valence-corrected chi connectivity index (χ4v) is 1.09. The fraction of sp³-hybridized carbons (Fsp3) is 0.750. The smallest absolute Gasteiger partial charge is 0.0579 e. The Kier molecular flexibility index (Phi) is 2.11. The van der Waals surface area contributed by atoms with E-state index in [1.807, 2.05) is 0 Å². The van der Waals surface area contributed by atoms with Crippen LogP contribution in [-0.4, -0.2) is 19.8 Å². The maximum Gasteiger partial charge on any atom is 0.0579 e. The summed E-state index contributed by atoms with van der Waals surface area (Å²) in [5, 5.41) is 0. The highest BCUT2D eigenvalue weighted by atomic mass is 16.5. The Labute approximate surface area is 62.1 Å². The van der Waals surface area contributed by atoms with Crippen LogP contribution >= 0.6 is 0 Å². The molecule has 2 heteroatoms. The summed E-state index contributed by atoms with van der Waals surface area (Å²) in [6, 6.07) is 0. The van der Waals surface area contributed by atoms with Crippen LogP contribution < -0.4 is 5.73 Å². The molecule has 1 fully saturated rings. The van der Waals surface area contributed by atoms with Crippen molar-refractivity contribution in [1.29, 1.82) is 0 Å². The molecule has 0 amide bonds. The quantitative estimate of drug-likeness (QED) is 0.593. The van der Waals surface area contributed by atoms with E-state index < -0.39 is 0 Å². The first-order valence-electron chi connectivity index (χ1n) is 3.65. The van der Waals surface area contributed by atoms with Crippen molar-refractivity contribution in [3.63, 3.8) is 0 Å². The third-order valence-electron chi connectivity index (χ3n) is 2.14. The van der Waals surface area contributed by atoms with Crippen LogP contribution in [0.25, 0.3) is 0 Å². The summed E-state index contributed by atoms with van der Waals surface area (Å²) >= 11 is 0. The van der Waals surface area contributed by atoms with Crippen LogP contribution in [0.5, 0.6) is 0 Å². The van der Waals surface area contributed by atoms with Crippen LogP contribution in [0, 0.1) is 5.41 Å². The summed E-state index contributed by atoms with van der Waals surface area (Å²) in [5.74, 6) is 0. The number of rotatable bonds is 3. The Morgan fingerprint density at radius 1 is 1.70 bits per heavy atom. The molecule has 1 aliphatic rings. The molecule has 0 aromatic rings. The monoisotopic (exact) mass is 141 g/mol. The van der Waals surface area contributed by atoms with Crippen molar-refractivity contribution in [1.82, 2.24) is 0 Å². The molecule has 1 rings (SSSR count). The van der Waals surface area contributed by atoms with Crippen molar-refractivity contribution >= 4 is 0 Å². The van der Waals surface area contributed by atoms with Gasteiger partial charge in [-0.3, -0.25) is 0 Å². The van der Waals surface area contributed by atoms with Crippen LogP contribution in [0.15, 0.2) is 12.2 Å².